The highest BCUT2D eigenvalue weighted by molar-refractivity contribution is 9.10. The highest BCUT2D eigenvalue weighted by atomic mass is 79.9. The summed E-state index contributed by atoms with van der Waals surface area (Å²) in [5.41, 5.74) is 0.937. The van der Waals surface area contributed by atoms with Crippen molar-refractivity contribution in [3.05, 3.63) is 44.9 Å². The Balaban J connectivity index is 1.78. The normalized spacial score (nSPS) is 28.6. The molecular formula is C13H13BrN2O2. The molecule has 0 heterocycles. The second-order valence-corrected chi connectivity index (χ2v) is 5.76. The third kappa shape index (κ3) is 1.92. The minimum absolute atomic E-state index is 0.124. The summed E-state index contributed by atoms with van der Waals surface area (Å²) < 4.78 is 0.874. The molecule has 0 spiro atoms. The number of anilines is 1. The van der Waals surface area contributed by atoms with Crippen LogP contribution in [-0.4, -0.2) is 11.0 Å². The molecule has 1 N–H and O–H groups in total. The number of nitrogens with zero attached hydrogens (tertiary/aromatic N) is 1. The van der Waals surface area contributed by atoms with Crippen LogP contribution in [-0.2, 0) is 0 Å². The lowest BCUT2D eigenvalue weighted by atomic mass is 9.71. The Morgan fingerprint density at radius 1 is 1.44 bits per heavy atom. The third-order valence-corrected chi connectivity index (χ3v) is 4.56. The number of non-ortho nitro benzene ring substituents is 1. The van der Waals surface area contributed by atoms with E-state index in [0.717, 1.165) is 22.5 Å². The van der Waals surface area contributed by atoms with Gasteiger partial charge in [-0.2, -0.15) is 0 Å². The van der Waals surface area contributed by atoms with E-state index in [2.05, 4.69) is 33.4 Å². The van der Waals surface area contributed by atoms with Gasteiger partial charge in [-0.1, -0.05) is 12.2 Å². The first kappa shape index (κ1) is 11.7. The van der Waals surface area contributed by atoms with Crippen LogP contribution in [0.1, 0.15) is 12.8 Å². The fourth-order valence-corrected chi connectivity index (χ4v) is 3.18. The Bertz CT molecular complexity index is 530. The van der Waals surface area contributed by atoms with Crippen LogP contribution < -0.4 is 5.32 Å². The molecule has 0 aliphatic heterocycles. The number of nitro benzene ring substituents is 1. The van der Waals surface area contributed by atoms with Crippen molar-refractivity contribution in [1.82, 2.24) is 0 Å². The Labute approximate surface area is 113 Å². The van der Waals surface area contributed by atoms with E-state index in [1.165, 1.54) is 12.5 Å². The van der Waals surface area contributed by atoms with E-state index in [0.29, 0.717) is 12.0 Å². The Morgan fingerprint density at radius 3 is 3.00 bits per heavy atom. The molecule has 1 saturated carbocycles. The molecule has 2 aliphatic carbocycles. The first-order valence-electron chi connectivity index (χ1n) is 6.02. The van der Waals surface area contributed by atoms with Crippen molar-refractivity contribution < 1.29 is 4.92 Å². The number of halogens is 1. The third-order valence-electron chi connectivity index (χ3n) is 3.86. The fourth-order valence-electron chi connectivity index (χ4n) is 2.82. The number of nitrogens with one attached hydrogen (secondary N) is 1. The molecule has 1 fully saturated rings. The van der Waals surface area contributed by atoms with Crippen molar-refractivity contribution >= 4 is 27.3 Å². The van der Waals surface area contributed by atoms with Gasteiger partial charge in [-0.3, -0.25) is 10.1 Å². The zero-order chi connectivity index (χ0) is 12.7. The maximum Gasteiger partial charge on any atom is 0.271 e. The van der Waals surface area contributed by atoms with E-state index in [-0.39, 0.29) is 10.6 Å². The molecule has 2 aliphatic rings. The summed E-state index contributed by atoms with van der Waals surface area (Å²) in [4.78, 5) is 10.4. The lowest BCUT2D eigenvalue weighted by Gasteiger charge is -2.41. The number of rotatable bonds is 3. The summed E-state index contributed by atoms with van der Waals surface area (Å²) in [6.45, 7) is 0. The quantitative estimate of drug-likeness (QED) is 0.526. The van der Waals surface area contributed by atoms with Gasteiger partial charge in [0.2, 0.25) is 0 Å². The molecule has 1 aromatic carbocycles. The number of hydrogen-bond acceptors (Lipinski definition) is 3. The molecule has 0 bridgehead atoms. The van der Waals surface area contributed by atoms with Crippen molar-refractivity contribution in [2.24, 2.45) is 11.8 Å². The molecule has 0 saturated heterocycles. The molecule has 0 amide bonds. The van der Waals surface area contributed by atoms with Crippen molar-refractivity contribution in [2.45, 2.75) is 18.9 Å². The van der Waals surface area contributed by atoms with Crippen LogP contribution in [0.15, 0.2) is 34.8 Å². The second-order valence-electron chi connectivity index (χ2n) is 4.91. The van der Waals surface area contributed by atoms with Gasteiger partial charge in [0.1, 0.15) is 0 Å². The van der Waals surface area contributed by atoms with Gasteiger partial charge < -0.3 is 5.32 Å². The number of benzene rings is 1. The lowest BCUT2D eigenvalue weighted by Crippen LogP contribution is -2.43. The summed E-state index contributed by atoms with van der Waals surface area (Å²) in [6, 6.07) is 5.23. The maximum atomic E-state index is 10.8. The second kappa shape index (κ2) is 4.39. The molecule has 3 rings (SSSR count). The predicted molar refractivity (Wildman–Crippen MR) is 73.6 cm³/mol. The summed E-state index contributed by atoms with van der Waals surface area (Å²) in [6.07, 6.45) is 6.82. The molecule has 1 aromatic rings. The Morgan fingerprint density at radius 2 is 2.28 bits per heavy atom. The maximum absolute atomic E-state index is 10.8. The molecule has 4 nitrogen and oxygen atoms in total. The van der Waals surface area contributed by atoms with Gasteiger partial charge in [-0.15, -0.1) is 0 Å². The smallest absolute Gasteiger partial charge is 0.271 e. The van der Waals surface area contributed by atoms with Crippen LogP contribution >= 0.6 is 15.9 Å². The van der Waals surface area contributed by atoms with E-state index in [1.54, 1.807) is 12.1 Å². The minimum Gasteiger partial charge on any atom is -0.381 e. The van der Waals surface area contributed by atoms with Gasteiger partial charge in [-0.05, 0) is 40.8 Å². The van der Waals surface area contributed by atoms with Crippen molar-refractivity contribution in [2.75, 3.05) is 5.32 Å². The van der Waals surface area contributed by atoms with E-state index in [9.17, 15) is 10.1 Å². The standard InChI is InChI=1S/C13H13BrN2O2/c14-11-5-4-9(16(17)18)7-13(11)15-12-6-8-2-1-3-10(8)12/h1,3-5,7-8,10,12,15H,2,6H2. The lowest BCUT2D eigenvalue weighted by molar-refractivity contribution is -0.384. The van der Waals surface area contributed by atoms with Crippen LogP contribution in [0.3, 0.4) is 0 Å². The highest BCUT2D eigenvalue weighted by Gasteiger charge is 2.41. The van der Waals surface area contributed by atoms with Crippen LogP contribution in [0.25, 0.3) is 0 Å². The molecule has 3 atom stereocenters. The van der Waals surface area contributed by atoms with Crippen LogP contribution in [0, 0.1) is 22.0 Å². The number of allylic oxidation sites excluding steroid dienone is 1. The fraction of sp³-hybridized carbons (Fsp3) is 0.385. The van der Waals surface area contributed by atoms with Crippen LogP contribution in [0.5, 0.6) is 0 Å². The van der Waals surface area contributed by atoms with Gasteiger partial charge >= 0.3 is 0 Å². The number of hydrogen-bond donors (Lipinski definition) is 1. The molecule has 0 aromatic heterocycles. The topological polar surface area (TPSA) is 55.2 Å². The average Bonchev–Trinajstić information content (AvgIpc) is 2.69. The minimum atomic E-state index is -0.364. The monoisotopic (exact) mass is 308 g/mol. The molecule has 18 heavy (non-hydrogen) atoms. The van der Waals surface area contributed by atoms with Crippen molar-refractivity contribution in [3.63, 3.8) is 0 Å². The van der Waals surface area contributed by atoms with Crippen molar-refractivity contribution in [1.29, 1.82) is 0 Å². The van der Waals surface area contributed by atoms with E-state index >= 15 is 0 Å². The Kier molecular flexibility index (Phi) is 2.86. The first-order chi connectivity index (χ1) is 8.65. The van der Waals surface area contributed by atoms with Gasteiger partial charge in [0, 0.05) is 28.6 Å². The SMILES string of the molecule is O=[N+]([O-])c1ccc(Br)c(NC2CC3CC=CC32)c1. The molecule has 5 heteroatoms. The van der Waals surface area contributed by atoms with Gasteiger partial charge in [0.15, 0.2) is 0 Å². The number of fused-ring (bicyclic) bond motifs is 1. The highest BCUT2D eigenvalue weighted by Crippen LogP contribution is 2.44. The average molecular weight is 309 g/mol. The van der Waals surface area contributed by atoms with Gasteiger partial charge in [0.25, 0.3) is 5.69 Å². The van der Waals surface area contributed by atoms with E-state index in [1.807, 2.05) is 0 Å². The van der Waals surface area contributed by atoms with Gasteiger partial charge in [0.05, 0.1) is 10.6 Å². The summed E-state index contributed by atoms with van der Waals surface area (Å²) in [5, 5.41) is 14.2. The van der Waals surface area contributed by atoms with Gasteiger partial charge in [-0.25, -0.2) is 0 Å². The molecule has 3 unspecified atom stereocenters. The zero-order valence-corrected chi connectivity index (χ0v) is 11.3. The van der Waals surface area contributed by atoms with E-state index < -0.39 is 0 Å². The number of nitro groups is 1. The predicted octanol–water partition coefficient (Wildman–Crippen LogP) is 3.73. The van der Waals surface area contributed by atoms with Crippen molar-refractivity contribution in [3.8, 4) is 0 Å². The molecular weight excluding hydrogens is 296 g/mol. The summed E-state index contributed by atoms with van der Waals surface area (Å²) >= 11 is 3.43. The first-order valence-corrected chi connectivity index (χ1v) is 6.81. The summed E-state index contributed by atoms with van der Waals surface area (Å²) in [7, 11) is 0. The van der Waals surface area contributed by atoms with E-state index in [4.69, 9.17) is 0 Å². The molecule has 94 valence electrons. The summed E-state index contributed by atoms with van der Waals surface area (Å²) in [5.74, 6) is 1.37. The zero-order valence-electron chi connectivity index (χ0n) is 9.67. The Hall–Kier alpha value is -1.36. The molecule has 0 radical (unpaired) electrons. The van der Waals surface area contributed by atoms with Crippen LogP contribution in [0.4, 0.5) is 11.4 Å². The van der Waals surface area contributed by atoms with Crippen LogP contribution in [0.2, 0.25) is 0 Å². The largest absolute Gasteiger partial charge is 0.381 e.